The number of carbonyl (C=O) groups excluding carboxylic acids is 1. The predicted octanol–water partition coefficient (Wildman–Crippen LogP) is 4.63. The van der Waals surface area contributed by atoms with Crippen molar-refractivity contribution in [3.63, 3.8) is 0 Å². The van der Waals surface area contributed by atoms with Crippen LogP contribution in [0.25, 0.3) is 0 Å². The van der Waals surface area contributed by atoms with E-state index in [0.29, 0.717) is 24.5 Å². The molecule has 0 radical (unpaired) electrons. The second-order valence-corrected chi connectivity index (χ2v) is 7.70. The van der Waals surface area contributed by atoms with Crippen molar-refractivity contribution in [2.45, 2.75) is 37.6 Å². The van der Waals surface area contributed by atoms with Gasteiger partial charge < -0.3 is 15.2 Å². The van der Waals surface area contributed by atoms with Crippen molar-refractivity contribution in [1.82, 2.24) is 0 Å². The maximum atomic E-state index is 14.0. The van der Waals surface area contributed by atoms with Crippen molar-refractivity contribution in [1.29, 1.82) is 0 Å². The van der Waals surface area contributed by atoms with E-state index in [1.54, 1.807) is 0 Å². The first-order valence-electron chi connectivity index (χ1n) is 8.38. The van der Waals surface area contributed by atoms with E-state index in [-0.39, 0.29) is 16.7 Å². The Balaban J connectivity index is 1.75. The molecule has 0 spiro atoms. The van der Waals surface area contributed by atoms with Crippen LogP contribution >= 0.6 is 11.3 Å². The molecule has 10 heteroatoms. The highest BCUT2D eigenvalue weighted by atomic mass is 32.1. The van der Waals surface area contributed by atoms with Gasteiger partial charge in [0.15, 0.2) is 0 Å². The van der Waals surface area contributed by atoms with E-state index in [0.717, 1.165) is 34.8 Å². The van der Waals surface area contributed by atoms with Crippen molar-refractivity contribution in [3.8, 4) is 0 Å². The average Bonchev–Trinajstić information content (AvgIpc) is 3.15. The Bertz CT molecular complexity index is 985. The number of benzene rings is 1. The fraction of sp³-hybridized carbons (Fsp3) is 0.333. The van der Waals surface area contributed by atoms with Crippen LogP contribution in [0, 0.1) is 5.82 Å². The van der Waals surface area contributed by atoms with E-state index in [2.05, 4.69) is 5.32 Å². The third-order valence-electron chi connectivity index (χ3n) is 4.85. The molecule has 1 fully saturated rings. The van der Waals surface area contributed by atoms with Gasteiger partial charge in [0.25, 0.3) is 5.91 Å². The molecule has 1 aromatic carbocycles. The second-order valence-electron chi connectivity index (χ2n) is 6.59. The van der Waals surface area contributed by atoms with E-state index >= 15 is 0 Å². The standard InChI is InChI=1S/C18H13F4NO4S/c19-9-3-1-2-8(18(20,21)22)12(9)15(24)23-16-14(17(25)26)13-10-5-4-7(27-10)6-11(13)28-16/h1-3,7,10H,4-6H2,(H,23,24)(H,25,26). The van der Waals surface area contributed by atoms with Crippen LogP contribution in [0.2, 0.25) is 0 Å². The summed E-state index contributed by atoms with van der Waals surface area (Å²) < 4.78 is 59.3. The van der Waals surface area contributed by atoms with Crippen LogP contribution in [0.15, 0.2) is 18.2 Å². The summed E-state index contributed by atoms with van der Waals surface area (Å²) in [5.41, 5.74) is -2.35. The van der Waals surface area contributed by atoms with Gasteiger partial charge in [-0.2, -0.15) is 13.2 Å². The number of hydrogen-bond acceptors (Lipinski definition) is 4. The lowest BCUT2D eigenvalue weighted by molar-refractivity contribution is -0.138. The molecular weight excluding hydrogens is 402 g/mol. The van der Waals surface area contributed by atoms with Gasteiger partial charge in [0.1, 0.15) is 16.4 Å². The Morgan fingerprint density at radius 1 is 1.21 bits per heavy atom. The molecule has 1 amide bonds. The average molecular weight is 415 g/mol. The van der Waals surface area contributed by atoms with Gasteiger partial charge in [0, 0.05) is 16.9 Å². The summed E-state index contributed by atoms with van der Waals surface area (Å²) in [6, 6.07) is 2.20. The third-order valence-corrected chi connectivity index (χ3v) is 5.99. The number of carbonyl (C=O) groups is 2. The van der Waals surface area contributed by atoms with Gasteiger partial charge in [-0.15, -0.1) is 11.3 Å². The molecule has 2 aromatic rings. The minimum absolute atomic E-state index is 0.0373. The largest absolute Gasteiger partial charge is 0.478 e. The minimum Gasteiger partial charge on any atom is -0.478 e. The van der Waals surface area contributed by atoms with Gasteiger partial charge in [0.2, 0.25) is 0 Å². The molecule has 5 nitrogen and oxygen atoms in total. The number of anilines is 1. The van der Waals surface area contributed by atoms with Crippen molar-refractivity contribution >= 4 is 28.2 Å². The van der Waals surface area contributed by atoms with Crippen LogP contribution in [0.5, 0.6) is 0 Å². The Hall–Kier alpha value is -2.46. The highest BCUT2D eigenvalue weighted by molar-refractivity contribution is 7.17. The number of amides is 1. The first kappa shape index (κ1) is 18.9. The van der Waals surface area contributed by atoms with Crippen molar-refractivity contribution in [2.24, 2.45) is 0 Å². The van der Waals surface area contributed by atoms with Gasteiger partial charge in [-0.25, -0.2) is 9.18 Å². The van der Waals surface area contributed by atoms with Crippen LogP contribution in [0.3, 0.4) is 0 Å². The Morgan fingerprint density at radius 2 is 1.96 bits per heavy atom. The smallest absolute Gasteiger partial charge is 0.417 e. The highest BCUT2D eigenvalue weighted by Gasteiger charge is 2.41. The zero-order chi connectivity index (χ0) is 20.2. The number of carboxylic acid groups (broad SMARTS) is 1. The molecule has 2 atom stereocenters. The normalized spacial score (nSPS) is 20.7. The number of ether oxygens (including phenoxy) is 1. The van der Waals surface area contributed by atoms with Crippen LogP contribution in [0.1, 0.15) is 55.7 Å². The molecule has 2 bridgehead atoms. The van der Waals surface area contributed by atoms with Crippen LogP contribution in [-0.4, -0.2) is 23.1 Å². The van der Waals surface area contributed by atoms with Gasteiger partial charge in [0.05, 0.1) is 23.3 Å². The molecule has 1 saturated heterocycles. The first-order chi connectivity index (χ1) is 13.2. The summed E-state index contributed by atoms with van der Waals surface area (Å²) in [5.74, 6) is -4.02. The maximum absolute atomic E-state index is 14.0. The number of aromatic carboxylic acids is 1. The molecule has 2 aliphatic heterocycles. The fourth-order valence-electron chi connectivity index (χ4n) is 3.72. The molecule has 2 N–H and O–H groups in total. The Labute approximate surface area is 159 Å². The number of thiophene rings is 1. The highest BCUT2D eigenvalue weighted by Crippen LogP contribution is 2.48. The topological polar surface area (TPSA) is 75.6 Å². The molecule has 2 aliphatic rings. The number of carboxylic acids is 1. The van der Waals surface area contributed by atoms with Crippen LogP contribution in [-0.2, 0) is 17.3 Å². The molecule has 3 heterocycles. The third kappa shape index (κ3) is 3.06. The summed E-state index contributed by atoms with van der Waals surface area (Å²) in [5, 5.41) is 11.7. The number of halogens is 4. The molecular formula is C18H13F4NO4S. The zero-order valence-corrected chi connectivity index (χ0v) is 14.9. The molecule has 28 heavy (non-hydrogen) atoms. The molecule has 0 aliphatic carbocycles. The number of fused-ring (bicyclic) bond motifs is 4. The SMILES string of the molecule is O=C(Nc1sc2c(c1C(=O)O)C1CCC(C2)O1)c1c(F)cccc1C(F)(F)F. The summed E-state index contributed by atoms with van der Waals surface area (Å²) >= 11 is 0.984. The summed E-state index contributed by atoms with van der Waals surface area (Å²) in [4.78, 5) is 25.0. The van der Waals surface area contributed by atoms with Gasteiger partial charge >= 0.3 is 12.1 Å². The van der Waals surface area contributed by atoms with E-state index < -0.39 is 41.1 Å². The van der Waals surface area contributed by atoms with Crippen molar-refractivity contribution in [3.05, 3.63) is 51.1 Å². The molecule has 0 saturated carbocycles. The summed E-state index contributed by atoms with van der Waals surface area (Å²) in [7, 11) is 0. The fourth-order valence-corrected chi connectivity index (χ4v) is 5.02. The van der Waals surface area contributed by atoms with E-state index in [1.807, 2.05) is 0 Å². The van der Waals surface area contributed by atoms with Gasteiger partial charge in [-0.1, -0.05) is 6.07 Å². The van der Waals surface area contributed by atoms with Crippen LogP contribution < -0.4 is 5.32 Å². The van der Waals surface area contributed by atoms with E-state index in [4.69, 9.17) is 4.74 Å². The molecule has 2 unspecified atom stereocenters. The molecule has 148 valence electrons. The lowest BCUT2D eigenvalue weighted by Gasteiger charge is -2.21. The number of rotatable bonds is 3. The van der Waals surface area contributed by atoms with E-state index in [1.165, 1.54) is 0 Å². The number of nitrogens with one attached hydrogen (secondary N) is 1. The number of alkyl halides is 3. The maximum Gasteiger partial charge on any atom is 0.417 e. The Kier molecular flexibility index (Phi) is 4.42. The first-order valence-corrected chi connectivity index (χ1v) is 9.19. The Morgan fingerprint density at radius 3 is 2.64 bits per heavy atom. The quantitative estimate of drug-likeness (QED) is 0.717. The number of hydrogen-bond donors (Lipinski definition) is 2. The lowest BCUT2D eigenvalue weighted by Crippen LogP contribution is -2.21. The van der Waals surface area contributed by atoms with Gasteiger partial charge in [-0.05, 0) is 25.0 Å². The van der Waals surface area contributed by atoms with Crippen molar-refractivity contribution < 1.29 is 37.0 Å². The minimum atomic E-state index is -4.94. The summed E-state index contributed by atoms with van der Waals surface area (Å²) in [6.45, 7) is 0. The summed E-state index contributed by atoms with van der Waals surface area (Å²) in [6.07, 6.45) is -3.50. The van der Waals surface area contributed by atoms with Crippen LogP contribution in [0.4, 0.5) is 22.6 Å². The zero-order valence-electron chi connectivity index (χ0n) is 14.1. The molecule has 1 aromatic heterocycles. The van der Waals surface area contributed by atoms with Gasteiger partial charge in [-0.3, -0.25) is 4.79 Å². The monoisotopic (exact) mass is 415 g/mol. The molecule has 4 rings (SSSR count). The lowest BCUT2D eigenvalue weighted by atomic mass is 10.0. The van der Waals surface area contributed by atoms with E-state index in [9.17, 15) is 32.3 Å². The predicted molar refractivity (Wildman–Crippen MR) is 91.2 cm³/mol. The van der Waals surface area contributed by atoms with Crippen molar-refractivity contribution in [2.75, 3.05) is 5.32 Å². The second kappa shape index (κ2) is 6.56.